The van der Waals surface area contributed by atoms with E-state index >= 15 is 0 Å². The molecule has 0 spiro atoms. The van der Waals surface area contributed by atoms with Crippen LogP contribution in [0.5, 0.6) is 0 Å². The maximum Gasteiger partial charge on any atom is 0.178 e. The Morgan fingerprint density at radius 1 is 1.06 bits per heavy atom. The average Bonchev–Trinajstić information content (AvgIpc) is 3.15. The Hall–Kier alpha value is -1.32. The summed E-state index contributed by atoms with van der Waals surface area (Å²) in [7, 11) is 0. The first kappa shape index (κ1) is 23.4. The summed E-state index contributed by atoms with van der Waals surface area (Å²) in [6, 6.07) is 7.98. The number of halogens is 1. The normalized spacial score (nSPS) is 39.1. The molecule has 1 aromatic carbocycles. The van der Waals surface area contributed by atoms with E-state index in [1.165, 1.54) is 43.2 Å². The number of fused-ring (bicyclic) bond motifs is 5. The third-order valence-electron chi connectivity index (χ3n) is 10.5. The van der Waals surface area contributed by atoms with Crippen LogP contribution in [-0.4, -0.2) is 12.4 Å². The molecule has 7 atom stereocenters. The summed E-state index contributed by atoms with van der Waals surface area (Å²) >= 11 is 6.01. The van der Waals surface area contributed by atoms with E-state index in [9.17, 15) is 4.79 Å². The fraction of sp³-hybridized carbons (Fsp3) is 0.690. The number of ether oxygens (including phenoxy) is 1. The van der Waals surface area contributed by atoms with Crippen molar-refractivity contribution in [2.24, 2.45) is 46.2 Å². The van der Waals surface area contributed by atoms with E-state index in [-0.39, 0.29) is 11.2 Å². The molecular formula is C29H40ClNO2. The second-order valence-corrected chi connectivity index (χ2v) is 12.4. The molecule has 3 saturated carbocycles. The number of hydrogen-bond acceptors (Lipinski definition) is 3. The van der Waals surface area contributed by atoms with E-state index < -0.39 is 0 Å². The molecule has 0 radical (unpaired) electrons. The molecule has 4 aliphatic rings. The first-order valence-electron chi connectivity index (χ1n) is 13.1. The highest BCUT2D eigenvalue weighted by Gasteiger charge is 2.60. The molecule has 3 nitrogen and oxygen atoms in total. The molecule has 33 heavy (non-hydrogen) atoms. The van der Waals surface area contributed by atoms with Gasteiger partial charge in [0.25, 0.3) is 0 Å². The fourth-order valence-electron chi connectivity index (χ4n) is 8.79. The summed E-state index contributed by atoms with van der Waals surface area (Å²) in [4.78, 5) is 12.3. The molecule has 4 aliphatic carbocycles. The van der Waals surface area contributed by atoms with Crippen molar-refractivity contribution in [1.29, 1.82) is 0 Å². The van der Waals surface area contributed by atoms with Crippen LogP contribution in [0.4, 0.5) is 0 Å². The highest BCUT2D eigenvalue weighted by Crippen LogP contribution is 2.67. The second kappa shape index (κ2) is 8.72. The summed E-state index contributed by atoms with van der Waals surface area (Å²) in [5.41, 5.74) is 10.0. The number of benzene rings is 1. The first-order chi connectivity index (χ1) is 15.7. The number of allylic oxidation sites excluding steroid dienone is 1. The lowest BCUT2D eigenvalue weighted by Gasteiger charge is -2.58. The van der Waals surface area contributed by atoms with E-state index in [1.807, 2.05) is 12.1 Å². The van der Waals surface area contributed by atoms with Crippen molar-refractivity contribution in [3.05, 3.63) is 46.1 Å². The van der Waals surface area contributed by atoms with Gasteiger partial charge in [0, 0.05) is 18.1 Å². The summed E-state index contributed by atoms with van der Waals surface area (Å²) in [6.45, 7) is 8.91. The van der Waals surface area contributed by atoms with Gasteiger partial charge in [0.2, 0.25) is 0 Å². The van der Waals surface area contributed by atoms with Crippen molar-refractivity contribution in [3.8, 4) is 0 Å². The highest BCUT2D eigenvalue weighted by molar-refractivity contribution is 6.30. The van der Waals surface area contributed by atoms with Gasteiger partial charge in [-0.3, -0.25) is 4.79 Å². The van der Waals surface area contributed by atoms with Crippen LogP contribution >= 0.6 is 11.6 Å². The van der Waals surface area contributed by atoms with Crippen molar-refractivity contribution in [1.82, 2.24) is 0 Å². The minimum atomic E-state index is 0.146. The summed E-state index contributed by atoms with van der Waals surface area (Å²) in [5.74, 6) is 3.77. The van der Waals surface area contributed by atoms with Crippen LogP contribution in [0.2, 0.25) is 5.02 Å². The van der Waals surface area contributed by atoms with Crippen LogP contribution in [0, 0.1) is 40.4 Å². The van der Waals surface area contributed by atoms with Gasteiger partial charge in [-0.15, -0.1) is 0 Å². The Morgan fingerprint density at radius 3 is 2.58 bits per heavy atom. The third kappa shape index (κ3) is 3.88. The predicted octanol–water partition coefficient (Wildman–Crippen LogP) is 6.93. The predicted molar refractivity (Wildman–Crippen MR) is 134 cm³/mol. The number of hydrogen-bond donors (Lipinski definition) is 1. The molecule has 1 aromatic rings. The summed E-state index contributed by atoms with van der Waals surface area (Å²) in [6.07, 6.45) is 9.18. The Balaban J connectivity index is 1.26. The lowest BCUT2D eigenvalue weighted by molar-refractivity contribution is -0.119. The Morgan fingerprint density at radius 2 is 1.82 bits per heavy atom. The maximum absolute atomic E-state index is 12.3. The number of nitrogens with two attached hydrogens (primary N) is 1. The van der Waals surface area contributed by atoms with E-state index in [2.05, 4.69) is 32.9 Å². The van der Waals surface area contributed by atoms with E-state index in [0.29, 0.717) is 36.0 Å². The zero-order valence-corrected chi connectivity index (χ0v) is 21.3. The monoisotopic (exact) mass is 469 g/mol. The number of rotatable bonds is 5. The largest absolute Gasteiger partial charge is 0.396 e. The number of carbonyl (C=O) groups excluding carboxylic acids is 1. The van der Waals surface area contributed by atoms with Gasteiger partial charge in [0.15, 0.2) is 5.78 Å². The third-order valence-corrected chi connectivity index (χ3v) is 10.7. The van der Waals surface area contributed by atoms with Gasteiger partial charge in [0.05, 0.1) is 12.3 Å². The van der Waals surface area contributed by atoms with Crippen molar-refractivity contribution in [2.45, 2.75) is 78.7 Å². The molecule has 180 valence electrons. The SMILES string of the molecule is C[C@H](COCc1ccc(Cl)cc1)[C@H]1CC[C@H]2[C@@H]3CCC4=C(N)C(=O)CC[C@]4(C)[C@H]3CC[C@]12C. The average molecular weight is 470 g/mol. The van der Waals surface area contributed by atoms with Gasteiger partial charge in [-0.25, -0.2) is 0 Å². The standard InChI is InChI=1S/C29H40ClNO2/c1-18(16-33-17-19-4-6-20(30)7-5-19)22-10-11-23-21-8-9-25-27(31)26(32)13-15-29(25,3)24(21)12-14-28(22,23)2/h4-7,18,21-24H,8-17,31H2,1-3H3/t18-,21+,22-,23+,24+,28-,29-/m1/s1. The molecular weight excluding hydrogens is 430 g/mol. The molecule has 0 unspecified atom stereocenters. The van der Waals surface area contributed by atoms with Crippen molar-refractivity contribution in [3.63, 3.8) is 0 Å². The van der Waals surface area contributed by atoms with Crippen LogP contribution < -0.4 is 5.73 Å². The van der Waals surface area contributed by atoms with Gasteiger partial charge in [-0.05, 0) is 109 Å². The van der Waals surface area contributed by atoms with E-state index in [0.717, 1.165) is 42.2 Å². The second-order valence-electron chi connectivity index (χ2n) is 12.0. The van der Waals surface area contributed by atoms with Crippen molar-refractivity contribution >= 4 is 17.4 Å². The topological polar surface area (TPSA) is 52.3 Å². The molecule has 0 heterocycles. The van der Waals surface area contributed by atoms with E-state index in [4.69, 9.17) is 22.1 Å². The van der Waals surface area contributed by atoms with Crippen LogP contribution in [-0.2, 0) is 16.1 Å². The number of carbonyl (C=O) groups is 1. The van der Waals surface area contributed by atoms with Crippen molar-refractivity contribution < 1.29 is 9.53 Å². The molecule has 5 rings (SSSR count). The number of Topliss-reactive ketones (excluding diaryl/α,β-unsaturated/α-hetero) is 1. The zero-order chi connectivity index (χ0) is 23.4. The molecule has 2 N–H and O–H groups in total. The van der Waals surface area contributed by atoms with Crippen molar-refractivity contribution in [2.75, 3.05) is 6.61 Å². The first-order valence-corrected chi connectivity index (χ1v) is 13.5. The van der Waals surface area contributed by atoms with Crippen LogP contribution in [0.15, 0.2) is 35.5 Å². The fourth-order valence-corrected chi connectivity index (χ4v) is 8.92. The zero-order valence-electron chi connectivity index (χ0n) is 20.5. The van der Waals surface area contributed by atoms with E-state index in [1.54, 1.807) is 0 Å². The number of ketones is 1. The Kier molecular flexibility index (Phi) is 6.19. The van der Waals surface area contributed by atoms with Crippen LogP contribution in [0.25, 0.3) is 0 Å². The summed E-state index contributed by atoms with van der Waals surface area (Å²) in [5, 5.41) is 0.773. The van der Waals surface area contributed by atoms with Gasteiger partial charge < -0.3 is 10.5 Å². The van der Waals surface area contributed by atoms with Crippen LogP contribution in [0.3, 0.4) is 0 Å². The molecule has 0 aliphatic heterocycles. The van der Waals surface area contributed by atoms with Gasteiger partial charge in [-0.1, -0.05) is 44.5 Å². The lowest BCUT2D eigenvalue weighted by atomic mass is 9.46. The summed E-state index contributed by atoms with van der Waals surface area (Å²) < 4.78 is 6.18. The highest BCUT2D eigenvalue weighted by atomic mass is 35.5. The molecule has 0 bridgehead atoms. The molecule has 0 aromatic heterocycles. The van der Waals surface area contributed by atoms with Gasteiger partial charge in [0.1, 0.15) is 0 Å². The Labute approximate surface area is 204 Å². The minimum Gasteiger partial charge on any atom is -0.396 e. The molecule has 3 fully saturated rings. The molecule has 0 amide bonds. The maximum atomic E-state index is 12.3. The van der Waals surface area contributed by atoms with Gasteiger partial charge in [-0.2, -0.15) is 0 Å². The quantitative estimate of drug-likeness (QED) is 0.508. The van der Waals surface area contributed by atoms with Crippen LogP contribution in [0.1, 0.15) is 77.7 Å². The lowest BCUT2D eigenvalue weighted by Crippen LogP contribution is -2.52. The minimum absolute atomic E-state index is 0.146. The molecule has 0 saturated heterocycles. The van der Waals surface area contributed by atoms with Gasteiger partial charge >= 0.3 is 0 Å². The Bertz CT molecular complexity index is 939. The molecule has 4 heteroatoms. The smallest absolute Gasteiger partial charge is 0.178 e.